The summed E-state index contributed by atoms with van der Waals surface area (Å²) in [5.41, 5.74) is 1.01. The second-order valence-electron chi connectivity index (χ2n) is 8.47. The molecule has 1 aromatic heterocycles. The molecule has 0 saturated heterocycles. The number of aromatic nitrogens is 2. The number of rotatable bonds is 7. The van der Waals surface area contributed by atoms with Crippen LogP contribution in [-0.2, 0) is 23.1 Å². The summed E-state index contributed by atoms with van der Waals surface area (Å²) in [4.78, 5) is 25.8. The summed E-state index contributed by atoms with van der Waals surface area (Å²) < 4.78 is 1.63. The molecule has 3 rings (SSSR count). The Morgan fingerprint density at radius 3 is 2.38 bits per heavy atom. The Labute approximate surface area is 173 Å². The summed E-state index contributed by atoms with van der Waals surface area (Å²) in [7, 11) is 1.80. The summed E-state index contributed by atoms with van der Waals surface area (Å²) in [5, 5.41) is 10.1. The Balaban J connectivity index is 1.65. The van der Waals surface area contributed by atoms with E-state index in [2.05, 4.69) is 29.6 Å². The fraction of sp³-hybridized carbons (Fsp3) is 0.522. The van der Waals surface area contributed by atoms with Crippen molar-refractivity contribution in [3.05, 3.63) is 48.2 Å². The van der Waals surface area contributed by atoms with E-state index in [-0.39, 0.29) is 17.7 Å². The number of benzene rings is 1. The first-order chi connectivity index (χ1) is 13.9. The molecule has 0 unspecified atom stereocenters. The number of nitrogens with one attached hydrogen (secondary N) is 2. The second kappa shape index (κ2) is 9.72. The number of aryl methyl sites for hydroxylation is 1. The Bertz CT molecular complexity index is 807. The molecular formula is C23H32N4O2. The highest BCUT2D eigenvalue weighted by Gasteiger charge is 2.30. The molecule has 6 nitrogen and oxygen atoms in total. The van der Waals surface area contributed by atoms with Gasteiger partial charge in [0, 0.05) is 31.6 Å². The van der Waals surface area contributed by atoms with Crippen molar-refractivity contribution < 1.29 is 9.59 Å². The zero-order valence-electron chi connectivity index (χ0n) is 17.6. The van der Waals surface area contributed by atoms with Crippen LogP contribution in [0.5, 0.6) is 0 Å². The summed E-state index contributed by atoms with van der Waals surface area (Å²) >= 11 is 0. The average Bonchev–Trinajstić information content (AvgIpc) is 3.12. The van der Waals surface area contributed by atoms with E-state index in [4.69, 9.17) is 0 Å². The van der Waals surface area contributed by atoms with Crippen LogP contribution < -0.4 is 10.6 Å². The molecule has 1 aromatic carbocycles. The van der Waals surface area contributed by atoms with Crippen LogP contribution in [0.2, 0.25) is 0 Å². The van der Waals surface area contributed by atoms with Gasteiger partial charge in [-0.15, -0.1) is 0 Å². The van der Waals surface area contributed by atoms with Crippen LogP contribution in [0.1, 0.15) is 45.1 Å². The maximum Gasteiger partial charge on any atom is 0.248 e. The largest absolute Gasteiger partial charge is 0.344 e. The van der Waals surface area contributed by atoms with Crippen molar-refractivity contribution in [3.63, 3.8) is 0 Å². The normalized spacial score (nSPS) is 20.3. The van der Waals surface area contributed by atoms with Gasteiger partial charge in [0.15, 0.2) is 5.82 Å². The van der Waals surface area contributed by atoms with Gasteiger partial charge in [-0.1, -0.05) is 44.2 Å². The molecule has 1 heterocycles. The Morgan fingerprint density at radius 1 is 1.10 bits per heavy atom. The molecule has 6 heteroatoms. The Kier molecular flexibility index (Phi) is 7.07. The van der Waals surface area contributed by atoms with E-state index >= 15 is 0 Å². The molecule has 1 saturated carbocycles. The van der Waals surface area contributed by atoms with Crippen molar-refractivity contribution >= 4 is 17.6 Å². The van der Waals surface area contributed by atoms with Gasteiger partial charge in [0.1, 0.15) is 6.04 Å². The predicted molar refractivity (Wildman–Crippen MR) is 114 cm³/mol. The van der Waals surface area contributed by atoms with Gasteiger partial charge in [-0.25, -0.2) is 0 Å². The summed E-state index contributed by atoms with van der Waals surface area (Å²) in [5.74, 6) is 1.59. The number of carbonyl (C=O) groups excluding carboxylic acids is 2. The first-order valence-corrected chi connectivity index (χ1v) is 10.6. The van der Waals surface area contributed by atoms with Crippen molar-refractivity contribution in [1.82, 2.24) is 15.1 Å². The molecule has 0 spiro atoms. The number of amides is 2. The zero-order valence-corrected chi connectivity index (χ0v) is 17.6. The van der Waals surface area contributed by atoms with Crippen LogP contribution in [0.25, 0.3) is 0 Å². The van der Waals surface area contributed by atoms with Gasteiger partial charge in [-0.05, 0) is 43.1 Å². The van der Waals surface area contributed by atoms with Gasteiger partial charge in [0.05, 0.1) is 0 Å². The predicted octanol–water partition coefficient (Wildman–Crippen LogP) is 3.55. The molecule has 29 heavy (non-hydrogen) atoms. The van der Waals surface area contributed by atoms with Crippen LogP contribution in [-0.4, -0.2) is 27.6 Å². The van der Waals surface area contributed by atoms with Crippen LogP contribution in [0.15, 0.2) is 42.6 Å². The smallest absolute Gasteiger partial charge is 0.248 e. The number of carbonyl (C=O) groups is 2. The average molecular weight is 397 g/mol. The van der Waals surface area contributed by atoms with Crippen LogP contribution >= 0.6 is 0 Å². The molecule has 2 N–H and O–H groups in total. The lowest BCUT2D eigenvalue weighted by Gasteiger charge is -2.31. The SMILES string of the molecule is CC(C)C1CCC(C(=O)N[C@H](Cc2ccccc2)C(=O)Nc2ccn(C)n2)CC1. The molecule has 1 fully saturated rings. The minimum absolute atomic E-state index is 0.00840. The molecule has 1 aliphatic rings. The van der Waals surface area contributed by atoms with Crippen molar-refractivity contribution in [3.8, 4) is 0 Å². The lowest BCUT2D eigenvalue weighted by atomic mass is 9.76. The lowest BCUT2D eigenvalue weighted by molar-refractivity contribution is -0.130. The fourth-order valence-electron chi connectivity index (χ4n) is 4.09. The van der Waals surface area contributed by atoms with E-state index in [9.17, 15) is 9.59 Å². The van der Waals surface area contributed by atoms with Crippen molar-refractivity contribution in [2.24, 2.45) is 24.8 Å². The highest BCUT2D eigenvalue weighted by Crippen LogP contribution is 2.33. The standard InChI is InChI=1S/C23H32N4O2/c1-16(2)18-9-11-19(12-10-18)22(28)24-20(15-17-7-5-4-6-8-17)23(29)25-21-13-14-27(3)26-21/h4-8,13-14,16,18-20H,9-12,15H2,1-3H3,(H,24,28)(H,25,26,29)/t18?,19?,20-/m1/s1. The van der Waals surface area contributed by atoms with E-state index in [0.717, 1.165) is 31.2 Å². The maximum atomic E-state index is 12.9. The molecule has 2 aromatic rings. The molecule has 156 valence electrons. The van der Waals surface area contributed by atoms with Gasteiger partial charge in [-0.2, -0.15) is 5.10 Å². The van der Waals surface area contributed by atoms with E-state index in [1.165, 1.54) is 0 Å². The molecule has 0 radical (unpaired) electrons. The van der Waals surface area contributed by atoms with Crippen LogP contribution in [0, 0.1) is 17.8 Å². The molecule has 0 aliphatic heterocycles. The Morgan fingerprint density at radius 2 is 1.79 bits per heavy atom. The molecule has 0 bridgehead atoms. The quantitative estimate of drug-likeness (QED) is 0.751. The van der Waals surface area contributed by atoms with Crippen molar-refractivity contribution in [2.75, 3.05) is 5.32 Å². The number of nitrogens with zero attached hydrogens (tertiary/aromatic N) is 2. The van der Waals surface area contributed by atoms with Crippen LogP contribution in [0.4, 0.5) is 5.82 Å². The van der Waals surface area contributed by atoms with Gasteiger partial charge in [0.2, 0.25) is 11.8 Å². The van der Waals surface area contributed by atoms with Gasteiger partial charge >= 0.3 is 0 Å². The third kappa shape index (κ3) is 5.92. The summed E-state index contributed by atoms with van der Waals surface area (Å²) in [6, 6.07) is 10.9. The minimum Gasteiger partial charge on any atom is -0.344 e. The van der Waals surface area contributed by atoms with E-state index < -0.39 is 6.04 Å². The first-order valence-electron chi connectivity index (χ1n) is 10.6. The topological polar surface area (TPSA) is 76.0 Å². The summed E-state index contributed by atoms with van der Waals surface area (Å²) in [6.07, 6.45) is 6.18. The highest BCUT2D eigenvalue weighted by atomic mass is 16.2. The maximum absolute atomic E-state index is 12.9. The van der Waals surface area contributed by atoms with Gasteiger partial charge in [-0.3, -0.25) is 14.3 Å². The molecule has 1 aliphatic carbocycles. The van der Waals surface area contributed by atoms with Crippen molar-refractivity contribution in [1.29, 1.82) is 0 Å². The molecular weight excluding hydrogens is 364 g/mol. The summed E-state index contributed by atoms with van der Waals surface area (Å²) in [6.45, 7) is 4.51. The van der Waals surface area contributed by atoms with E-state index in [1.807, 2.05) is 30.3 Å². The number of hydrogen-bond donors (Lipinski definition) is 2. The zero-order chi connectivity index (χ0) is 20.8. The lowest BCUT2D eigenvalue weighted by Crippen LogP contribution is -2.48. The van der Waals surface area contributed by atoms with Gasteiger partial charge < -0.3 is 10.6 Å². The highest BCUT2D eigenvalue weighted by molar-refractivity contribution is 5.97. The number of hydrogen-bond acceptors (Lipinski definition) is 3. The first kappa shape index (κ1) is 21.1. The molecule has 2 amide bonds. The third-order valence-electron chi connectivity index (χ3n) is 5.97. The Hall–Kier alpha value is -2.63. The third-order valence-corrected chi connectivity index (χ3v) is 5.97. The second-order valence-corrected chi connectivity index (χ2v) is 8.47. The van der Waals surface area contributed by atoms with E-state index in [0.29, 0.717) is 24.1 Å². The monoisotopic (exact) mass is 396 g/mol. The number of anilines is 1. The van der Waals surface area contributed by atoms with Crippen molar-refractivity contribution in [2.45, 2.75) is 52.0 Å². The van der Waals surface area contributed by atoms with Gasteiger partial charge in [0.25, 0.3) is 0 Å². The van der Waals surface area contributed by atoms with E-state index in [1.54, 1.807) is 24.0 Å². The molecule has 1 atom stereocenters. The minimum atomic E-state index is -0.630. The van der Waals surface area contributed by atoms with Crippen LogP contribution in [0.3, 0.4) is 0 Å². The fourth-order valence-corrected chi connectivity index (χ4v) is 4.09.